The largest absolute Gasteiger partial charge is 1.00 e. The Kier molecular flexibility index (Phi) is 19.8. The van der Waals surface area contributed by atoms with Crippen LogP contribution in [0, 0.1) is 0 Å². The minimum Gasteiger partial charge on any atom is -0.744 e. The number of rotatable bonds is 15. The molecule has 0 heterocycles. The number of nitrogens with two attached hydrogens (primary N) is 2. The average Bonchev–Trinajstić information content (AvgIpc) is 3.09. The van der Waals surface area contributed by atoms with Crippen molar-refractivity contribution in [2.45, 2.75) is 19.6 Å². The molecule has 0 amide bonds. The number of anilines is 2. The molecule has 0 aromatic heterocycles. The Balaban J connectivity index is 0.00000561. The fourth-order valence-electron chi connectivity index (χ4n) is 4.10. The van der Waals surface area contributed by atoms with Crippen LogP contribution < -0.4 is 100 Å². The van der Waals surface area contributed by atoms with Crippen LogP contribution in [0.2, 0.25) is 0 Å². The van der Waals surface area contributed by atoms with Crippen LogP contribution >= 0.6 is 0 Å². The topological polar surface area (TPSA) is 375 Å². The van der Waals surface area contributed by atoms with Crippen molar-refractivity contribution in [1.29, 1.82) is 0 Å². The molecule has 0 aliphatic carbocycles. The molecule has 0 bridgehead atoms. The second-order valence-corrected chi connectivity index (χ2v) is 18.3. The fourth-order valence-corrected chi connectivity index (χ4v) is 7.37. The van der Waals surface area contributed by atoms with Gasteiger partial charge in [-0.2, -0.15) is 10.2 Å². The van der Waals surface area contributed by atoms with Crippen LogP contribution in [0.1, 0.15) is 0 Å². The van der Waals surface area contributed by atoms with Crippen LogP contribution in [0.25, 0.3) is 0 Å². The SMILES string of the molecule is C=CS(=O)(=O)c1ccc(N=Nc2cc(N=Nc3cc(S(=O)(=O)[O-])ccc3S(=O)(=O)[O-])c(N)c(N=Nc3ccc(S(=O)(=O)CCOS(=O)(=O)[O-])cc3)c2N)cc1.[Na+].[Na+].[Na+]. The van der Waals surface area contributed by atoms with Gasteiger partial charge in [-0.05, 0) is 72.8 Å². The van der Waals surface area contributed by atoms with Gasteiger partial charge >= 0.3 is 88.7 Å². The van der Waals surface area contributed by atoms with Gasteiger partial charge in [-0.3, -0.25) is 4.18 Å². The number of hydrogen-bond acceptors (Lipinski definition) is 22. The number of benzene rings is 4. The second kappa shape index (κ2) is 21.4. The predicted octanol–water partition coefficient (Wildman–Crippen LogP) is -4.91. The van der Waals surface area contributed by atoms with E-state index in [4.69, 9.17) is 11.5 Å². The Bertz CT molecular complexity index is 2830. The van der Waals surface area contributed by atoms with E-state index in [1.807, 2.05) is 0 Å². The Hall–Kier alpha value is -2.39. The molecule has 4 N–H and O–H groups in total. The molecule has 292 valence electrons. The third-order valence-corrected chi connectivity index (χ3v) is 12.0. The van der Waals surface area contributed by atoms with Crippen molar-refractivity contribution >= 4 is 95.8 Å². The van der Waals surface area contributed by atoms with Gasteiger partial charge in [0.1, 0.15) is 43.0 Å². The maximum atomic E-state index is 12.5. The molecular weight excluding hydrogens is 902 g/mol. The summed E-state index contributed by atoms with van der Waals surface area (Å²) in [5, 5.41) is 24.1. The molecule has 4 aromatic rings. The number of azo groups is 3. The molecule has 0 spiro atoms. The molecule has 30 heteroatoms. The molecule has 0 saturated heterocycles. The molecule has 0 saturated carbocycles. The van der Waals surface area contributed by atoms with E-state index in [9.17, 15) is 55.7 Å². The second-order valence-electron chi connectivity index (χ2n) is 10.5. The van der Waals surface area contributed by atoms with Crippen molar-refractivity contribution in [2.75, 3.05) is 23.8 Å². The first-order valence-electron chi connectivity index (χ1n) is 14.3. The van der Waals surface area contributed by atoms with Crippen molar-refractivity contribution in [3.8, 4) is 0 Å². The number of sulfone groups is 2. The summed E-state index contributed by atoms with van der Waals surface area (Å²) in [7, 11) is -23.4. The predicted molar refractivity (Wildman–Crippen MR) is 188 cm³/mol. The van der Waals surface area contributed by atoms with E-state index in [-0.39, 0.29) is 127 Å². The van der Waals surface area contributed by atoms with Gasteiger partial charge in [0, 0.05) is 5.41 Å². The first-order chi connectivity index (χ1) is 25.4. The summed E-state index contributed by atoms with van der Waals surface area (Å²) in [6.07, 6.45) is 0. The van der Waals surface area contributed by atoms with Crippen LogP contribution in [0.5, 0.6) is 0 Å². The van der Waals surface area contributed by atoms with E-state index in [1.165, 1.54) is 36.4 Å². The summed E-state index contributed by atoms with van der Waals surface area (Å²) in [5.41, 5.74) is 10.1. The van der Waals surface area contributed by atoms with Gasteiger partial charge in [0.2, 0.25) is 10.4 Å². The third-order valence-electron chi connectivity index (χ3n) is 6.79. The maximum Gasteiger partial charge on any atom is 1.00 e. The maximum absolute atomic E-state index is 12.5. The zero-order chi connectivity index (χ0) is 41.0. The van der Waals surface area contributed by atoms with Crippen molar-refractivity contribution in [1.82, 2.24) is 0 Å². The zero-order valence-corrected chi connectivity index (χ0v) is 40.3. The van der Waals surface area contributed by atoms with Crippen LogP contribution in [0.3, 0.4) is 0 Å². The smallest absolute Gasteiger partial charge is 0.744 e. The summed E-state index contributed by atoms with van der Waals surface area (Å²) in [6.45, 7) is 2.31. The van der Waals surface area contributed by atoms with Crippen LogP contribution in [0.15, 0.2) is 135 Å². The average molecular weight is 925 g/mol. The molecule has 4 aromatic carbocycles. The van der Waals surface area contributed by atoms with E-state index in [1.54, 1.807) is 0 Å². The number of nitrogen functional groups attached to an aromatic ring is 2. The summed E-state index contributed by atoms with van der Waals surface area (Å²) < 4.78 is 155. The molecule has 58 heavy (non-hydrogen) atoms. The molecule has 4 rings (SSSR count). The molecule has 0 unspecified atom stereocenters. The first-order valence-corrected chi connectivity index (χ1v) is 21.7. The van der Waals surface area contributed by atoms with E-state index in [0.29, 0.717) is 18.2 Å². The number of nitrogens with zero attached hydrogens (tertiary/aromatic N) is 6. The standard InChI is InChI=1S/C28H26N8O14S5.3Na/c1-2-51(37,38)19-7-3-17(4-8-19)31-34-23-16-24(35-33-22-15-21(53(41,42)43)11-12-25(22)54(44,45)46)27(30)28(26(23)29)36-32-18-5-9-20(10-6-18)52(39,40)14-13-50-55(47,48)49;;;/h2-12,15-16H,1,13-14,29-30H2,(H,41,42,43)(H,44,45,46)(H,47,48,49);;;/q;3*+1/p-3. The Morgan fingerprint density at radius 1 is 0.569 bits per heavy atom. The van der Waals surface area contributed by atoms with Gasteiger partial charge in [-0.25, -0.2) is 42.1 Å². The minimum atomic E-state index is -5.29. The molecular formula is C28H23N8Na3O14S5. The van der Waals surface area contributed by atoms with Crippen molar-refractivity contribution in [3.05, 3.63) is 84.8 Å². The van der Waals surface area contributed by atoms with Crippen LogP contribution in [-0.2, 0) is 54.5 Å². The molecule has 0 aliphatic heterocycles. The summed E-state index contributed by atoms with van der Waals surface area (Å²) in [5.74, 6) is -0.849. The van der Waals surface area contributed by atoms with E-state index in [0.717, 1.165) is 23.6 Å². The summed E-state index contributed by atoms with van der Waals surface area (Å²) in [4.78, 5) is -2.39. The molecule has 22 nitrogen and oxygen atoms in total. The summed E-state index contributed by atoms with van der Waals surface area (Å²) >= 11 is 0. The van der Waals surface area contributed by atoms with Gasteiger partial charge in [-0.1, -0.05) is 6.58 Å². The molecule has 0 radical (unpaired) electrons. The Morgan fingerprint density at radius 2 is 1.02 bits per heavy atom. The Labute approximate surface area is 398 Å². The van der Waals surface area contributed by atoms with Gasteiger partial charge in [-0.15, -0.1) is 20.5 Å². The molecule has 0 atom stereocenters. The molecule has 0 fully saturated rings. The fraction of sp³-hybridized carbons (Fsp3) is 0.0714. The van der Waals surface area contributed by atoms with Gasteiger partial charge in [0.15, 0.2) is 19.7 Å². The van der Waals surface area contributed by atoms with E-state index in [2.05, 4.69) is 41.4 Å². The van der Waals surface area contributed by atoms with Gasteiger partial charge < -0.3 is 25.1 Å². The number of hydrogen-bond donors (Lipinski definition) is 2. The molecule has 0 aliphatic rings. The normalized spacial score (nSPS) is 12.5. The van der Waals surface area contributed by atoms with Crippen molar-refractivity contribution in [3.63, 3.8) is 0 Å². The van der Waals surface area contributed by atoms with Crippen LogP contribution in [0.4, 0.5) is 45.5 Å². The summed E-state index contributed by atoms with van der Waals surface area (Å²) in [6, 6.07) is 12.2. The van der Waals surface area contributed by atoms with Gasteiger partial charge in [0.05, 0.1) is 54.7 Å². The van der Waals surface area contributed by atoms with Crippen molar-refractivity contribution in [2.24, 2.45) is 30.7 Å². The van der Waals surface area contributed by atoms with Crippen LogP contribution in [-0.4, -0.2) is 68.1 Å². The monoisotopic (exact) mass is 924 g/mol. The van der Waals surface area contributed by atoms with E-state index >= 15 is 0 Å². The van der Waals surface area contributed by atoms with Crippen molar-refractivity contribution < 1.29 is 149 Å². The Morgan fingerprint density at radius 3 is 1.48 bits per heavy atom. The minimum absolute atomic E-state index is 0. The van der Waals surface area contributed by atoms with E-state index < -0.39 is 89.5 Å². The first kappa shape index (κ1) is 53.6. The quantitative estimate of drug-likeness (QED) is 0.0371. The van der Waals surface area contributed by atoms with Gasteiger partial charge in [0.25, 0.3) is 0 Å². The zero-order valence-electron chi connectivity index (χ0n) is 30.2. The third kappa shape index (κ3) is 14.7.